The van der Waals surface area contributed by atoms with Crippen LogP contribution in [0.3, 0.4) is 0 Å². The zero-order valence-electron chi connectivity index (χ0n) is 16.7. The number of tetrazole rings is 1. The molecule has 4 rings (SSSR count). The van der Waals surface area contributed by atoms with E-state index >= 15 is 0 Å². The van der Waals surface area contributed by atoms with Crippen LogP contribution >= 0.6 is 0 Å². The Kier molecular flexibility index (Phi) is 4.99. The molecule has 146 valence electrons. The molecular formula is C23H22N4O2. The van der Waals surface area contributed by atoms with Gasteiger partial charge in [-0.3, -0.25) is 0 Å². The third-order valence-corrected chi connectivity index (χ3v) is 4.88. The maximum absolute atomic E-state index is 12.3. The van der Waals surface area contributed by atoms with Crippen molar-refractivity contribution in [2.45, 2.75) is 20.5 Å². The largest absolute Gasteiger partial charge is 0.489 e. The van der Waals surface area contributed by atoms with E-state index < -0.39 is 0 Å². The third-order valence-electron chi connectivity index (χ3n) is 4.88. The third kappa shape index (κ3) is 3.82. The number of hydrogen-bond donors (Lipinski definition) is 0. The van der Waals surface area contributed by atoms with E-state index in [2.05, 4.69) is 35.5 Å². The Morgan fingerprint density at radius 2 is 1.69 bits per heavy atom. The van der Waals surface area contributed by atoms with Gasteiger partial charge in [0.15, 0.2) is 0 Å². The monoisotopic (exact) mass is 386 g/mol. The summed E-state index contributed by atoms with van der Waals surface area (Å²) < 4.78 is 8.67. The van der Waals surface area contributed by atoms with Gasteiger partial charge in [-0.05, 0) is 64.7 Å². The van der Waals surface area contributed by atoms with E-state index in [-0.39, 0.29) is 5.69 Å². The molecule has 0 fully saturated rings. The highest BCUT2D eigenvalue weighted by Crippen LogP contribution is 2.27. The molecule has 0 aliphatic rings. The first-order chi connectivity index (χ1) is 14.0. The number of nitrogens with zero attached hydrogens (tertiary/aromatic N) is 4. The Hall–Kier alpha value is -3.67. The minimum absolute atomic E-state index is 0.293. The Labute approximate surface area is 169 Å². The molecule has 1 heterocycles. The van der Waals surface area contributed by atoms with Gasteiger partial charge in [0.2, 0.25) is 0 Å². The van der Waals surface area contributed by atoms with Crippen LogP contribution in [0.15, 0.2) is 71.5 Å². The maximum Gasteiger partial charge on any atom is 0.368 e. The number of rotatable bonds is 5. The molecule has 1 aromatic heterocycles. The second-order valence-corrected chi connectivity index (χ2v) is 7.06. The van der Waals surface area contributed by atoms with E-state index in [0.29, 0.717) is 12.3 Å². The highest BCUT2D eigenvalue weighted by Gasteiger charge is 2.14. The van der Waals surface area contributed by atoms with Gasteiger partial charge in [0, 0.05) is 12.6 Å². The second-order valence-electron chi connectivity index (χ2n) is 7.06. The van der Waals surface area contributed by atoms with E-state index in [4.69, 9.17) is 4.74 Å². The minimum atomic E-state index is -0.293. The standard InChI is InChI=1S/C23H22N4O2/c1-16-12-19(18-9-5-4-6-10-18)14-20(13-16)29-15-21-17(2)8-7-11-22(21)27-23(28)26(3)24-25-27/h4-14H,15H2,1-3H3. The average molecular weight is 386 g/mol. The van der Waals surface area contributed by atoms with Gasteiger partial charge in [-0.25, -0.2) is 4.79 Å². The van der Waals surface area contributed by atoms with Crippen molar-refractivity contribution in [2.75, 3.05) is 0 Å². The van der Waals surface area contributed by atoms with Gasteiger partial charge < -0.3 is 4.74 Å². The zero-order valence-corrected chi connectivity index (χ0v) is 16.7. The summed E-state index contributed by atoms with van der Waals surface area (Å²) in [7, 11) is 1.58. The molecule has 0 aliphatic carbocycles. The van der Waals surface area contributed by atoms with Gasteiger partial charge in [0.25, 0.3) is 0 Å². The summed E-state index contributed by atoms with van der Waals surface area (Å²) in [5.41, 5.74) is 5.68. The van der Waals surface area contributed by atoms with Crippen LogP contribution in [0.25, 0.3) is 16.8 Å². The van der Waals surface area contributed by atoms with E-state index in [0.717, 1.165) is 33.6 Å². The van der Waals surface area contributed by atoms with Crippen LogP contribution in [0.2, 0.25) is 0 Å². The van der Waals surface area contributed by atoms with Crippen molar-refractivity contribution >= 4 is 0 Å². The van der Waals surface area contributed by atoms with E-state index in [9.17, 15) is 4.79 Å². The average Bonchev–Trinajstić information content (AvgIpc) is 3.05. The molecule has 0 atom stereocenters. The van der Waals surface area contributed by atoms with Crippen molar-refractivity contribution in [3.63, 3.8) is 0 Å². The molecule has 29 heavy (non-hydrogen) atoms. The quantitative estimate of drug-likeness (QED) is 0.523. The Morgan fingerprint density at radius 1 is 0.897 bits per heavy atom. The van der Waals surface area contributed by atoms with Crippen LogP contribution in [0.5, 0.6) is 5.75 Å². The first-order valence-electron chi connectivity index (χ1n) is 9.41. The van der Waals surface area contributed by atoms with Crippen LogP contribution in [0, 0.1) is 13.8 Å². The molecule has 0 amide bonds. The lowest BCUT2D eigenvalue weighted by atomic mass is 10.0. The molecule has 0 spiro atoms. The lowest BCUT2D eigenvalue weighted by Gasteiger charge is -2.14. The fourth-order valence-corrected chi connectivity index (χ4v) is 3.32. The van der Waals surface area contributed by atoms with E-state index in [1.165, 1.54) is 9.36 Å². The number of hydrogen-bond acceptors (Lipinski definition) is 4. The summed E-state index contributed by atoms with van der Waals surface area (Å²) in [6.45, 7) is 4.37. The van der Waals surface area contributed by atoms with E-state index in [1.807, 2.05) is 55.5 Å². The number of ether oxygens (including phenoxy) is 1. The van der Waals surface area contributed by atoms with Crippen molar-refractivity contribution in [3.05, 3.63) is 93.9 Å². The van der Waals surface area contributed by atoms with Crippen LogP contribution in [0.1, 0.15) is 16.7 Å². The maximum atomic E-state index is 12.3. The van der Waals surface area contributed by atoms with E-state index in [1.54, 1.807) is 7.05 Å². The van der Waals surface area contributed by atoms with Crippen LogP contribution in [0.4, 0.5) is 0 Å². The summed E-state index contributed by atoms with van der Waals surface area (Å²) in [6.07, 6.45) is 0. The molecule has 0 radical (unpaired) electrons. The summed E-state index contributed by atoms with van der Waals surface area (Å²) in [5.74, 6) is 0.782. The Balaban J connectivity index is 1.66. The Morgan fingerprint density at radius 3 is 2.41 bits per heavy atom. The lowest BCUT2D eigenvalue weighted by Crippen LogP contribution is -2.23. The van der Waals surface area contributed by atoms with Crippen molar-refractivity contribution < 1.29 is 4.74 Å². The molecule has 0 saturated carbocycles. The van der Waals surface area contributed by atoms with Crippen molar-refractivity contribution in [1.82, 2.24) is 19.8 Å². The Bertz CT molecular complexity index is 1210. The minimum Gasteiger partial charge on any atom is -0.489 e. The summed E-state index contributed by atoms with van der Waals surface area (Å²) in [5, 5.41) is 7.79. The fourth-order valence-electron chi connectivity index (χ4n) is 3.32. The zero-order chi connectivity index (χ0) is 20.4. The molecular weight excluding hydrogens is 364 g/mol. The number of aryl methyl sites for hydroxylation is 3. The van der Waals surface area contributed by atoms with Crippen LogP contribution in [-0.2, 0) is 13.7 Å². The normalized spacial score (nSPS) is 10.9. The molecule has 0 N–H and O–H groups in total. The van der Waals surface area contributed by atoms with Gasteiger partial charge in [0.05, 0.1) is 5.69 Å². The predicted molar refractivity (Wildman–Crippen MR) is 112 cm³/mol. The van der Waals surface area contributed by atoms with Crippen LogP contribution < -0.4 is 10.4 Å². The van der Waals surface area contributed by atoms with Gasteiger partial charge >= 0.3 is 5.69 Å². The van der Waals surface area contributed by atoms with Crippen molar-refractivity contribution in [2.24, 2.45) is 7.05 Å². The number of aromatic nitrogens is 4. The highest BCUT2D eigenvalue weighted by atomic mass is 16.5. The van der Waals surface area contributed by atoms with Gasteiger partial charge in [-0.1, -0.05) is 48.5 Å². The molecule has 4 aromatic rings. The van der Waals surface area contributed by atoms with Gasteiger partial charge in [-0.2, -0.15) is 9.36 Å². The highest BCUT2D eigenvalue weighted by molar-refractivity contribution is 5.66. The molecule has 0 bridgehead atoms. The smallest absolute Gasteiger partial charge is 0.368 e. The molecule has 0 aliphatic heterocycles. The topological polar surface area (TPSA) is 61.9 Å². The van der Waals surface area contributed by atoms with Crippen molar-refractivity contribution in [1.29, 1.82) is 0 Å². The molecule has 6 nitrogen and oxygen atoms in total. The summed E-state index contributed by atoms with van der Waals surface area (Å²) >= 11 is 0. The second kappa shape index (κ2) is 7.75. The number of benzene rings is 3. The lowest BCUT2D eigenvalue weighted by molar-refractivity contribution is 0.304. The van der Waals surface area contributed by atoms with Gasteiger partial charge in [0.1, 0.15) is 12.4 Å². The fraction of sp³-hybridized carbons (Fsp3) is 0.174. The predicted octanol–water partition coefficient (Wildman–Crippen LogP) is 3.83. The van der Waals surface area contributed by atoms with Crippen LogP contribution in [-0.4, -0.2) is 19.8 Å². The summed E-state index contributed by atoms with van der Waals surface area (Å²) in [6, 6.07) is 22.2. The first-order valence-corrected chi connectivity index (χ1v) is 9.41. The SMILES string of the molecule is Cc1cc(OCc2c(C)cccc2-n2nnn(C)c2=O)cc(-c2ccccc2)c1. The van der Waals surface area contributed by atoms with Crippen molar-refractivity contribution in [3.8, 4) is 22.6 Å². The molecule has 3 aromatic carbocycles. The molecule has 0 saturated heterocycles. The first kappa shape index (κ1) is 18.7. The molecule has 6 heteroatoms. The summed E-state index contributed by atoms with van der Waals surface area (Å²) in [4.78, 5) is 12.3. The van der Waals surface area contributed by atoms with Gasteiger partial charge in [-0.15, -0.1) is 0 Å². The molecule has 0 unspecified atom stereocenters.